The molecule has 0 aliphatic heterocycles. The summed E-state index contributed by atoms with van der Waals surface area (Å²) in [6, 6.07) is 9.93. The van der Waals surface area contributed by atoms with Crippen molar-refractivity contribution in [1.82, 2.24) is 34.8 Å². The predicted molar refractivity (Wildman–Crippen MR) is 120 cm³/mol. The van der Waals surface area contributed by atoms with Crippen LogP contribution < -0.4 is 4.74 Å². The van der Waals surface area contributed by atoms with Gasteiger partial charge in [-0.05, 0) is 36.9 Å². The van der Waals surface area contributed by atoms with Crippen LogP contribution in [0.3, 0.4) is 0 Å². The molecule has 0 N–H and O–H groups in total. The second kappa shape index (κ2) is 9.27. The van der Waals surface area contributed by atoms with E-state index in [0.29, 0.717) is 19.0 Å². The average Bonchev–Trinajstić information content (AvgIpc) is 3.43. The summed E-state index contributed by atoms with van der Waals surface area (Å²) in [5, 5.41) is 12.8. The Hall–Kier alpha value is -3.59. The van der Waals surface area contributed by atoms with Crippen molar-refractivity contribution < 1.29 is 9.26 Å². The molecular formula is C23H27N7O2. The van der Waals surface area contributed by atoms with E-state index in [4.69, 9.17) is 9.26 Å². The SMILES string of the molecule is COc1ccc(CN(C)Cc2nc(C(C)C)no2)cc1-c1ccc(-c2nccn2C)nn1. The molecule has 0 amide bonds. The topological polar surface area (TPSA) is 95.0 Å². The van der Waals surface area contributed by atoms with E-state index in [2.05, 4.69) is 36.3 Å². The first-order chi connectivity index (χ1) is 15.4. The number of nitrogens with zero attached hydrogens (tertiary/aromatic N) is 7. The third-order valence-electron chi connectivity index (χ3n) is 5.11. The van der Waals surface area contributed by atoms with Gasteiger partial charge in [-0.2, -0.15) is 4.98 Å². The highest BCUT2D eigenvalue weighted by Gasteiger charge is 2.14. The normalized spacial score (nSPS) is 11.5. The second-order valence-corrected chi connectivity index (χ2v) is 8.07. The quantitative estimate of drug-likeness (QED) is 0.415. The van der Waals surface area contributed by atoms with Crippen molar-refractivity contribution in [3.8, 4) is 28.5 Å². The van der Waals surface area contributed by atoms with E-state index in [-0.39, 0.29) is 5.92 Å². The molecule has 0 atom stereocenters. The highest BCUT2D eigenvalue weighted by molar-refractivity contribution is 5.68. The Bertz CT molecular complexity index is 1180. The van der Waals surface area contributed by atoms with Gasteiger partial charge in [-0.1, -0.05) is 25.1 Å². The number of aromatic nitrogens is 6. The molecule has 0 fully saturated rings. The third-order valence-corrected chi connectivity index (χ3v) is 5.11. The maximum absolute atomic E-state index is 5.57. The summed E-state index contributed by atoms with van der Waals surface area (Å²) in [5.41, 5.74) is 3.46. The van der Waals surface area contributed by atoms with Crippen LogP contribution in [0.1, 0.15) is 37.0 Å². The van der Waals surface area contributed by atoms with Crippen molar-refractivity contribution in [2.45, 2.75) is 32.9 Å². The van der Waals surface area contributed by atoms with Crippen LogP contribution >= 0.6 is 0 Å². The summed E-state index contributed by atoms with van der Waals surface area (Å²) in [5.74, 6) is 3.10. The zero-order valence-electron chi connectivity index (χ0n) is 19.0. The Morgan fingerprint density at radius 2 is 1.88 bits per heavy atom. The van der Waals surface area contributed by atoms with Gasteiger partial charge in [-0.3, -0.25) is 4.90 Å². The number of aryl methyl sites for hydroxylation is 1. The molecule has 0 saturated carbocycles. The molecule has 0 radical (unpaired) electrons. The highest BCUT2D eigenvalue weighted by Crippen LogP contribution is 2.30. The van der Waals surface area contributed by atoms with E-state index in [1.165, 1.54) is 0 Å². The molecule has 0 unspecified atom stereocenters. The van der Waals surface area contributed by atoms with E-state index in [0.717, 1.165) is 39.9 Å². The van der Waals surface area contributed by atoms with Gasteiger partial charge in [0.05, 0.1) is 19.3 Å². The first-order valence-corrected chi connectivity index (χ1v) is 10.4. The lowest BCUT2D eigenvalue weighted by molar-refractivity contribution is 0.260. The number of rotatable bonds is 8. The van der Waals surface area contributed by atoms with Crippen molar-refractivity contribution in [3.05, 3.63) is 60.0 Å². The molecule has 3 aromatic heterocycles. The molecule has 9 nitrogen and oxygen atoms in total. The summed E-state index contributed by atoms with van der Waals surface area (Å²) in [7, 11) is 5.60. The average molecular weight is 434 g/mol. The molecule has 3 heterocycles. The number of methoxy groups -OCH3 is 1. The molecule has 0 bridgehead atoms. The molecule has 0 aliphatic carbocycles. The molecule has 0 aliphatic rings. The predicted octanol–water partition coefficient (Wildman–Crippen LogP) is 3.69. The minimum Gasteiger partial charge on any atom is -0.496 e. The summed E-state index contributed by atoms with van der Waals surface area (Å²) in [4.78, 5) is 10.9. The Morgan fingerprint density at radius 1 is 1.09 bits per heavy atom. The molecule has 1 aromatic carbocycles. The lowest BCUT2D eigenvalue weighted by atomic mass is 10.1. The summed E-state index contributed by atoms with van der Waals surface area (Å²) in [6.07, 6.45) is 3.62. The lowest BCUT2D eigenvalue weighted by Crippen LogP contribution is -2.17. The summed E-state index contributed by atoms with van der Waals surface area (Å²) in [6.45, 7) is 5.36. The maximum Gasteiger partial charge on any atom is 0.240 e. The van der Waals surface area contributed by atoms with Crippen LogP contribution in [0.25, 0.3) is 22.8 Å². The zero-order chi connectivity index (χ0) is 22.7. The maximum atomic E-state index is 5.57. The number of hydrogen-bond donors (Lipinski definition) is 0. The fourth-order valence-corrected chi connectivity index (χ4v) is 3.43. The van der Waals surface area contributed by atoms with Crippen LogP contribution in [0.2, 0.25) is 0 Å². The van der Waals surface area contributed by atoms with E-state index in [9.17, 15) is 0 Å². The molecule has 9 heteroatoms. The van der Waals surface area contributed by atoms with Crippen LogP contribution in [-0.2, 0) is 20.1 Å². The number of benzene rings is 1. The Kier molecular flexibility index (Phi) is 6.27. The third kappa shape index (κ3) is 4.67. The zero-order valence-corrected chi connectivity index (χ0v) is 19.0. The number of ether oxygens (including phenoxy) is 1. The minimum absolute atomic E-state index is 0.242. The van der Waals surface area contributed by atoms with Gasteiger partial charge in [0.1, 0.15) is 11.4 Å². The summed E-state index contributed by atoms with van der Waals surface area (Å²) < 4.78 is 12.8. The van der Waals surface area contributed by atoms with Crippen molar-refractivity contribution in [2.24, 2.45) is 7.05 Å². The van der Waals surface area contributed by atoms with Crippen molar-refractivity contribution in [3.63, 3.8) is 0 Å². The molecule has 32 heavy (non-hydrogen) atoms. The molecule has 166 valence electrons. The monoisotopic (exact) mass is 433 g/mol. The van der Waals surface area contributed by atoms with Gasteiger partial charge in [0.15, 0.2) is 11.6 Å². The van der Waals surface area contributed by atoms with Crippen LogP contribution in [0.4, 0.5) is 0 Å². The largest absolute Gasteiger partial charge is 0.496 e. The van der Waals surface area contributed by atoms with E-state index < -0.39 is 0 Å². The Morgan fingerprint density at radius 3 is 2.50 bits per heavy atom. The minimum atomic E-state index is 0.242. The van der Waals surface area contributed by atoms with Gasteiger partial charge >= 0.3 is 0 Å². The van der Waals surface area contributed by atoms with Crippen molar-refractivity contribution >= 4 is 0 Å². The molecule has 0 saturated heterocycles. The fourth-order valence-electron chi connectivity index (χ4n) is 3.43. The first-order valence-electron chi connectivity index (χ1n) is 10.4. The second-order valence-electron chi connectivity index (χ2n) is 8.07. The molecule has 4 aromatic rings. The van der Waals surface area contributed by atoms with Crippen molar-refractivity contribution in [2.75, 3.05) is 14.2 Å². The Balaban J connectivity index is 1.52. The number of hydrogen-bond acceptors (Lipinski definition) is 8. The number of imidazole rings is 1. The van der Waals surface area contributed by atoms with Crippen molar-refractivity contribution in [1.29, 1.82) is 0 Å². The van der Waals surface area contributed by atoms with Gasteiger partial charge < -0.3 is 13.8 Å². The van der Waals surface area contributed by atoms with Gasteiger partial charge in [0.2, 0.25) is 5.89 Å². The standard InChI is InChI=1S/C23H27N7O2/c1-15(2)22-25-21(32-28-22)14-29(3)13-16-6-9-20(31-5)17(12-16)18-7-8-19(27-26-18)23-24-10-11-30(23)4/h6-12,15H,13-14H2,1-5H3. The van der Waals surface area contributed by atoms with Crippen LogP contribution in [-0.4, -0.2) is 48.9 Å². The van der Waals surface area contributed by atoms with E-state index >= 15 is 0 Å². The molecule has 0 spiro atoms. The first kappa shape index (κ1) is 21.6. The van der Waals surface area contributed by atoms with Crippen LogP contribution in [0, 0.1) is 0 Å². The smallest absolute Gasteiger partial charge is 0.240 e. The van der Waals surface area contributed by atoms with Gasteiger partial charge in [0.25, 0.3) is 0 Å². The highest BCUT2D eigenvalue weighted by atomic mass is 16.5. The molecule has 4 rings (SSSR count). The lowest BCUT2D eigenvalue weighted by Gasteiger charge is -2.16. The van der Waals surface area contributed by atoms with E-state index in [1.807, 2.05) is 63.0 Å². The fraction of sp³-hybridized carbons (Fsp3) is 0.348. The van der Waals surface area contributed by atoms with Crippen LogP contribution in [0.5, 0.6) is 5.75 Å². The summed E-state index contributed by atoms with van der Waals surface area (Å²) >= 11 is 0. The Labute approximate surface area is 187 Å². The van der Waals surface area contributed by atoms with E-state index in [1.54, 1.807) is 13.3 Å². The van der Waals surface area contributed by atoms with Gasteiger partial charge in [-0.15, -0.1) is 10.2 Å². The van der Waals surface area contributed by atoms with Gasteiger partial charge in [0, 0.05) is 37.5 Å². The van der Waals surface area contributed by atoms with Crippen LogP contribution in [0.15, 0.2) is 47.2 Å². The molecular weight excluding hydrogens is 406 g/mol. The van der Waals surface area contributed by atoms with Gasteiger partial charge in [-0.25, -0.2) is 4.98 Å².